The summed E-state index contributed by atoms with van der Waals surface area (Å²) in [6, 6.07) is 3.62. The van der Waals surface area contributed by atoms with E-state index >= 15 is 0 Å². The van der Waals surface area contributed by atoms with Crippen molar-refractivity contribution < 1.29 is 14.2 Å². The van der Waals surface area contributed by atoms with E-state index in [2.05, 4.69) is 12.2 Å². The fraction of sp³-hybridized carbons (Fsp3) is 0.538. The molecule has 2 rings (SSSR count). The second kappa shape index (κ2) is 4.94. The zero-order valence-electron chi connectivity index (χ0n) is 11.1. The molecule has 0 radical (unpaired) electrons. The van der Waals surface area contributed by atoms with Crippen molar-refractivity contribution in [1.82, 2.24) is 0 Å². The molecule has 0 bridgehead atoms. The van der Waals surface area contributed by atoms with E-state index in [1.165, 1.54) is 0 Å². The summed E-state index contributed by atoms with van der Waals surface area (Å²) < 4.78 is 15.9. The van der Waals surface area contributed by atoms with Gasteiger partial charge in [0, 0.05) is 18.7 Å². The summed E-state index contributed by atoms with van der Waals surface area (Å²) in [5.74, 6) is 1.30. The van der Waals surface area contributed by atoms with Crippen molar-refractivity contribution >= 4 is 11.4 Å². The molecule has 1 unspecified atom stereocenters. The Bertz CT molecular complexity index is 428. The van der Waals surface area contributed by atoms with Gasteiger partial charge in [0.05, 0.1) is 37.7 Å². The van der Waals surface area contributed by atoms with Crippen LogP contribution >= 0.6 is 0 Å². The fourth-order valence-electron chi connectivity index (χ4n) is 2.09. The van der Waals surface area contributed by atoms with Crippen LogP contribution in [0.15, 0.2) is 12.1 Å². The molecule has 1 saturated heterocycles. The third-order valence-electron chi connectivity index (χ3n) is 3.21. The molecule has 0 spiro atoms. The molecule has 5 nitrogen and oxygen atoms in total. The van der Waals surface area contributed by atoms with Gasteiger partial charge in [-0.2, -0.15) is 0 Å². The summed E-state index contributed by atoms with van der Waals surface area (Å²) in [4.78, 5) is 0. The van der Waals surface area contributed by atoms with Gasteiger partial charge in [0.1, 0.15) is 0 Å². The van der Waals surface area contributed by atoms with Crippen LogP contribution in [0.1, 0.15) is 13.3 Å². The van der Waals surface area contributed by atoms with E-state index in [1.807, 2.05) is 6.07 Å². The molecule has 1 aliphatic rings. The molecule has 5 heteroatoms. The first-order chi connectivity index (χ1) is 8.58. The second-order valence-electron chi connectivity index (χ2n) is 4.78. The van der Waals surface area contributed by atoms with E-state index < -0.39 is 0 Å². The summed E-state index contributed by atoms with van der Waals surface area (Å²) in [5.41, 5.74) is 7.43. The fourth-order valence-corrected chi connectivity index (χ4v) is 2.09. The Morgan fingerprint density at radius 3 is 2.50 bits per heavy atom. The molecule has 3 N–H and O–H groups in total. The van der Waals surface area contributed by atoms with E-state index in [4.69, 9.17) is 19.9 Å². The molecule has 1 aromatic carbocycles. The molecule has 1 aromatic rings. The van der Waals surface area contributed by atoms with Crippen LogP contribution < -0.4 is 20.5 Å². The highest BCUT2D eigenvalue weighted by Crippen LogP contribution is 2.37. The molecule has 0 aliphatic carbocycles. The number of hydrogen-bond donors (Lipinski definition) is 2. The van der Waals surface area contributed by atoms with Crippen LogP contribution in [0.25, 0.3) is 0 Å². The highest BCUT2D eigenvalue weighted by atomic mass is 16.5. The van der Waals surface area contributed by atoms with Crippen molar-refractivity contribution in [2.24, 2.45) is 0 Å². The normalized spacial score (nSPS) is 22.8. The van der Waals surface area contributed by atoms with Gasteiger partial charge in [-0.25, -0.2) is 0 Å². The maximum absolute atomic E-state index is 6.02. The maximum atomic E-state index is 6.02. The zero-order chi connectivity index (χ0) is 13.2. The minimum absolute atomic E-state index is 0.0757. The van der Waals surface area contributed by atoms with Crippen LogP contribution in [0.4, 0.5) is 11.4 Å². The van der Waals surface area contributed by atoms with E-state index in [9.17, 15) is 0 Å². The largest absolute Gasteiger partial charge is 0.493 e. The van der Waals surface area contributed by atoms with E-state index in [1.54, 1.807) is 20.3 Å². The van der Waals surface area contributed by atoms with Crippen LogP contribution in [0, 0.1) is 0 Å². The van der Waals surface area contributed by atoms with Crippen molar-refractivity contribution in [3.05, 3.63) is 12.1 Å². The van der Waals surface area contributed by atoms with Gasteiger partial charge in [-0.1, -0.05) is 0 Å². The summed E-state index contributed by atoms with van der Waals surface area (Å²) in [7, 11) is 3.20. The number of nitrogens with one attached hydrogen (secondary N) is 1. The topological polar surface area (TPSA) is 65.7 Å². The van der Waals surface area contributed by atoms with E-state index in [0.717, 1.165) is 18.7 Å². The summed E-state index contributed by atoms with van der Waals surface area (Å²) in [5, 5.41) is 3.43. The van der Waals surface area contributed by atoms with Gasteiger partial charge in [-0.05, 0) is 13.3 Å². The summed E-state index contributed by atoms with van der Waals surface area (Å²) >= 11 is 0. The van der Waals surface area contributed by atoms with Gasteiger partial charge in [0.25, 0.3) is 0 Å². The second-order valence-corrected chi connectivity index (χ2v) is 4.78. The minimum atomic E-state index is -0.0757. The SMILES string of the molecule is COc1cc(N)c(NC2(C)CCOC2)cc1OC. The molecule has 0 saturated carbocycles. The molecular weight excluding hydrogens is 232 g/mol. The number of benzene rings is 1. The lowest BCUT2D eigenvalue weighted by Crippen LogP contribution is -2.35. The first kappa shape index (κ1) is 12.8. The number of ether oxygens (including phenoxy) is 3. The Labute approximate surface area is 107 Å². The lowest BCUT2D eigenvalue weighted by atomic mass is 10.0. The monoisotopic (exact) mass is 252 g/mol. The van der Waals surface area contributed by atoms with Crippen LogP contribution in [-0.2, 0) is 4.74 Å². The first-order valence-corrected chi connectivity index (χ1v) is 5.95. The third-order valence-corrected chi connectivity index (χ3v) is 3.21. The number of nitrogen functional groups attached to an aromatic ring is 1. The van der Waals surface area contributed by atoms with Gasteiger partial charge in [0.2, 0.25) is 0 Å². The molecular formula is C13H20N2O3. The van der Waals surface area contributed by atoms with Gasteiger partial charge in [-0.3, -0.25) is 0 Å². The number of hydrogen-bond acceptors (Lipinski definition) is 5. The minimum Gasteiger partial charge on any atom is -0.493 e. The Morgan fingerprint density at radius 2 is 1.94 bits per heavy atom. The van der Waals surface area contributed by atoms with E-state index in [0.29, 0.717) is 23.8 Å². The molecule has 100 valence electrons. The zero-order valence-corrected chi connectivity index (χ0v) is 11.1. The Morgan fingerprint density at radius 1 is 1.28 bits per heavy atom. The molecule has 18 heavy (non-hydrogen) atoms. The predicted molar refractivity (Wildman–Crippen MR) is 71.4 cm³/mol. The molecule has 0 aromatic heterocycles. The molecule has 1 fully saturated rings. The average Bonchev–Trinajstić information content (AvgIpc) is 2.78. The van der Waals surface area contributed by atoms with Gasteiger partial charge < -0.3 is 25.3 Å². The van der Waals surface area contributed by atoms with Gasteiger partial charge in [-0.15, -0.1) is 0 Å². The lowest BCUT2D eigenvalue weighted by molar-refractivity contribution is 0.185. The number of rotatable bonds is 4. The maximum Gasteiger partial charge on any atom is 0.162 e. The Kier molecular flexibility index (Phi) is 3.52. The Hall–Kier alpha value is -1.62. The van der Waals surface area contributed by atoms with Crippen LogP contribution in [0.2, 0.25) is 0 Å². The van der Waals surface area contributed by atoms with Crippen LogP contribution in [-0.4, -0.2) is 33.0 Å². The number of anilines is 2. The predicted octanol–water partition coefficient (Wildman–Crippen LogP) is 1.88. The molecule has 0 amide bonds. The quantitative estimate of drug-likeness (QED) is 0.801. The van der Waals surface area contributed by atoms with Crippen molar-refractivity contribution in [3.8, 4) is 11.5 Å². The molecule has 1 atom stereocenters. The number of nitrogens with two attached hydrogens (primary N) is 1. The third kappa shape index (κ3) is 2.46. The molecule has 1 heterocycles. The van der Waals surface area contributed by atoms with Crippen LogP contribution in [0.5, 0.6) is 11.5 Å². The Balaban J connectivity index is 2.27. The highest BCUT2D eigenvalue weighted by molar-refractivity contribution is 5.72. The van der Waals surface area contributed by atoms with E-state index in [-0.39, 0.29) is 5.54 Å². The van der Waals surface area contributed by atoms with Gasteiger partial charge in [0.15, 0.2) is 11.5 Å². The highest BCUT2D eigenvalue weighted by Gasteiger charge is 2.30. The standard InChI is InChI=1S/C13H20N2O3/c1-13(4-5-18-8-13)15-10-7-12(17-3)11(16-2)6-9(10)14/h6-7,15H,4-5,8,14H2,1-3H3. The van der Waals surface area contributed by atoms with Crippen molar-refractivity contribution in [2.45, 2.75) is 18.9 Å². The smallest absolute Gasteiger partial charge is 0.162 e. The first-order valence-electron chi connectivity index (χ1n) is 5.95. The number of methoxy groups -OCH3 is 2. The van der Waals surface area contributed by atoms with Gasteiger partial charge >= 0.3 is 0 Å². The van der Waals surface area contributed by atoms with Crippen molar-refractivity contribution in [2.75, 3.05) is 38.5 Å². The summed E-state index contributed by atoms with van der Waals surface area (Å²) in [6.07, 6.45) is 0.959. The average molecular weight is 252 g/mol. The lowest BCUT2D eigenvalue weighted by Gasteiger charge is -2.26. The summed E-state index contributed by atoms with van der Waals surface area (Å²) in [6.45, 7) is 3.58. The molecule has 1 aliphatic heterocycles. The van der Waals surface area contributed by atoms with Crippen molar-refractivity contribution in [1.29, 1.82) is 0 Å². The van der Waals surface area contributed by atoms with Crippen molar-refractivity contribution in [3.63, 3.8) is 0 Å². The van der Waals surface area contributed by atoms with Crippen LogP contribution in [0.3, 0.4) is 0 Å².